The number of nitriles is 1. The van der Waals surface area contributed by atoms with E-state index in [1.165, 1.54) is 25.7 Å². The van der Waals surface area contributed by atoms with E-state index in [1.807, 2.05) is 17.0 Å². The molecule has 2 aromatic carbocycles. The molecule has 3 saturated heterocycles. The van der Waals surface area contributed by atoms with Crippen molar-refractivity contribution in [2.75, 3.05) is 56.2 Å². The molecule has 3 aromatic rings. The fraction of sp³-hybridized carbons (Fsp3) is 0.556. The number of carbonyl (C=O) groups is 1. The molecule has 0 unspecified atom stereocenters. The molecule has 0 radical (unpaired) electrons. The van der Waals surface area contributed by atoms with Gasteiger partial charge in [-0.25, -0.2) is 0 Å². The fourth-order valence-corrected chi connectivity index (χ4v) is 8.48. The summed E-state index contributed by atoms with van der Waals surface area (Å²) in [7, 11) is 2.15. The fourth-order valence-electron chi connectivity index (χ4n) is 8.20. The van der Waals surface area contributed by atoms with Crippen LogP contribution in [0, 0.1) is 17.2 Å². The Kier molecular flexibility index (Phi) is 8.32. The van der Waals surface area contributed by atoms with E-state index in [2.05, 4.69) is 57.4 Å². The van der Waals surface area contributed by atoms with Gasteiger partial charge in [0.1, 0.15) is 18.5 Å². The number of rotatable bonds is 8. The normalized spacial score (nSPS) is 26.2. The number of likely N-dealkylation sites (tertiary alicyclic amines) is 1. The molecule has 0 bridgehead atoms. The highest BCUT2D eigenvalue weighted by Crippen LogP contribution is 2.39. The zero-order chi connectivity index (χ0) is 32.1. The lowest BCUT2D eigenvalue weighted by Gasteiger charge is -2.42. The Labute approximate surface area is 281 Å². The van der Waals surface area contributed by atoms with Crippen LogP contribution in [0.4, 0.5) is 11.5 Å². The molecule has 8 rings (SSSR count). The Bertz CT molecular complexity index is 1700. The summed E-state index contributed by atoms with van der Waals surface area (Å²) in [6.45, 7) is 4.84. The molecule has 10 nitrogen and oxygen atoms in total. The number of hydrogen-bond acceptors (Lipinski definition) is 9. The van der Waals surface area contributed by atoms with Crippen LogP contribution in [0.15, 0.2) is 36.4 Å². The van der Waals surface area contributed by atoms with Crippen LogP contribution in [0.1, 0.15) is 49.8 Å². The maximum Gasteiger partial charge on any atom is 0.318 e. The Morgan fingerprint density at radius 1 is 1.04 bits per heavy atom. The zero-order valence-electron chi connectivity index (χ0n) is 27.1. The summed E-state index contributed by atoms with van der Waals surface area (Å²) in [4.78, 5) is 32.6. The summed E-state index contributed by atoms with van der Waals surface area (Å²) >= 11 is 6.74. The van der Waals surface area contributed by atoms with Crippen molar-refractivity contribution in [2.45, 2.75) is 75.7 Å². The van der Waals surface area contributed by atoms with Crippen molar-refractivity contribution in [1.29, 1.82) is 5.26 Å². The number of carbonyl (C=O) groups excluding carboxylic acids is 1. The van der Waals surface area contributed by atoms with Gasteiger partial charge in [-0.3, -0.25) is 10.1 Å². The average molecular weight is 655 g/mol. The molecule has 4 aliphatic heterocycles. The molecule has 5 heterocycles. The van der Waals surface area contributed by atoms with E-state index in [0.717, 1.165) is 64.5 Å². The number of nitrogens with zero attached hydrogens (tertiary/aromatic N) is 7. The van der Waals surface area contributed by atoms with Crippen LogP contribution >= 0.6 is 11.6 Å². The summed E-state index contributed by atoms with van der Waals surface area (Å²) in [5, 5.41) is 16.2. The highest BCUT2D eigenvalue weighted by Gasteiger charge is 2.51. The van der Waals surface area contributed by atoms with Gasteiger partial charge in [0.25, 0.3) is 0 Å². The van der Waals surface area contributed by atoms with Crippen molar-refractivity contribution in [3.63, 3.8) is 0 Å². The molecule has 5 aliphatic rings. The molecular weight excluding hydrogens is 612 g/mol. The van der Waals surface area contributed by atoms with Crippen LogP contribution in [-0.4, -0.2) is 96.2 Å². The van der Waals surface area contributed by atoms with Crippen LogP contribution in [0.3, 0.4) is 0 Å². The predicted octanol–water partition coefficient (Wildman–Crippen LogP) is 4.39. The number of hydrogen-bond donors (Lipinski definition) is 1. The summed E-state index contributed by atoms with van der Waals surface area (Å²) in [6, 6.07) is 15.5. The smallest absolute Gasteiger partial charge is 0.318 e. The Hall–Kier alpha value is -3.65. The lowest BCUT2D eigenvalue weighted by molar-refractivity contribution is -0.133. The number of benzene rings is 2. The average Bonchev–Trinajstić information content (AvgIpc) is 3.72. The van der Waals surface area contributed by atoms with Gasteiger partial charge in [0.15, 0.2) is 0 Å². The maximum atomic E-state index is 13.6. The molecule has 1 N–H and O–H groups in total. The second-order valence-electron chi connectivity index (χ2n) is 14.0. The summed E-state index contributed by atoms with van der Waals surface area (Å²) in [5.41, 5.74) is 3.19. The molecule has 1 aliphatic carbocycles. The van der Waals surface area contributed by atoms with Crippen molar-refractivity contribution >= 4 is 39.8 Å². The van der Waals surface area contributed by atoms with E-state index in [0.29, 0.717) is 63.2 Å². The van der Waals surface area contributed by atoms with Crippen LogP contribution in [0.25, 0.3) is 10.8 Å². The lowest BCUT2D eigenvalue weighted by Crippen LogP contribution is -2.57. The summed E-state index contributed by atoms with van der Waals surface area (Å²) in [5.74, 6) is 1.66. The minimum atomic E-state index is -0.189. The van der Waals surface area contributed by atoms with Gasteiger partial charge in [-0.15, -0.1) is 0 Å². The van der Waals surface area contributed by atoms with E-state index in [4.69, 9.17) is 26.3 Å². The number of piperazine rings is 1. The topological polar surface area (TPSA) is 111 Å². The SMILES string of the molecule is CN1CCC[C@H]1COc1nc2c(c(N3CCN(C(=O)[C@H]4N[C@H]4C4CCC4)[C@@H](CC#N)C3)n1)CCN(c1cccc3cccc(Cl)c13)C2. The second-order valence-corrected chi connectivity index (χ2v) is 14.4. The van der Waals surface area contributed by atoms with Gasteiger partial charge < -0.3 is 24.3 Å². The highest BCUT2D eigenvalue weighted by atomic mass is 35.5. The van der Waals surface area contributed by atoms with Crippen molar-refractivity contribution < 1.29 is 9.53 Å². The van der Waals surface area contributed by atoms with E-state index < -0.39 is 0 Å². The first-order valence-electron chi connectivity index (χ1n) is 17.3. The Morgan fingerprint density at radius 3 is 2.66 bits per heavy atom. The molecule has 4 fully saturated rings. The van der Waals surface area contributed by atoms with Gasteiger partial charge >= 0.3 is 6.01 Å². The summed E-state index contributed by atoms with van der Waals surface area (Å²) < 4.78 is 6.36. The molecule has 1 amide bonds. The third-order valence-corrected chi connectivity index (χ3v) is 11.5. The van der Waals surface area contributed by atoms with Crippen molar-refractivity contribution in [3.8, 4) is 12.1 Å². The largest absolute Gasteiger partial charge is 0.462 e. The molecular formula is C36H43ClN8O2. The minimum Gasteiger partial charge on any atom is -0.462 e. The van der Waals surface area contributed by atoms with Gasteiger partial charge in [0.2, 0.25) is 5.91 Å². The van der Waals surface area contributed by atoms with E-state index >= 15 is 0 Å². The lowest BCUT2D eigenvalue weighted by atomic mass is 9.81. The molecule has 246 valence electrons. The van der Waals surface area contributed by atoms with Crippen LogP contribution in [0.2, 0.25) is 5.02 Å². The maximum absolute atomic E-state index is 13.6. The van der Waals surface area contributed by atoms with E-state index in [1.54, 1.807) is 0 Å². The predicted molar refractivity (Wildman–Crippen MR) is 183 cm³/mol. The number of likely N-dealkylation sites (N-methyl/N-ethyl adjacent to an activating group) is 1. The Morgan fingerprint density at radius 2 is 1.89 bits per heavy atom. The number of ether oxygens (including phenoxy) is 1. The second kappa shape index (κ2) is 12.8. The number of aromatic nitrogens is 2. The molecule has 0 spiro atoms. The number of fused-ring (bicyclic) bond motifs is 2. The number of amides is 1. The first-order valence-corrected chi connectivity index (χ1v) is 17.7. The number of nitrogens with one attached hydrogen (secondary N) is 1. The summed E-state index contributed by atoms with van der Waals surface area (Å²) in [6.07, 6.45) is 7.03. The van der Waals surface area contributed by atoms with Gasteiger partial charge in [0, 0.05) is 54.9 Å². The van der Waals surface area contributed by atoms with Gasteiger partial charge in [0.05, 0.1) is 35.8 Å². The molecule has 11 heteroatoms. The van der Waals surface area contributed by atoms with Gasteiger partial charge in [-0.05, 0) is 69.1 Å². The first-order chi connectivity index (χ1) is 23.0. The third kappa shape index (κ3) is 5.87. The standard InChI is InChI=1S/C36H43ClN8O2/c1-42-16-5-10-26(42)22-47-36-39-29-21-43(30-12-4-7-23-6-3-11-28(37)31(23)30)17-14-27(29)34(41-36)44-18-19-45(25(20-44)13-15-38)35(46)33-32(40-33)24-8-2-9-24/h3-4,6-7,11-12,24-26,32-33,40H,2,5,8-10,13-14,16-22H2,1H3/t25-,26-,32-,33-/m0/s1. The Balaban J connectivity index is 1.08. The first kappa shape index (κ1) is 30.7. The minimum absolute atomic E-state index is 0.0953. The quantitative estimate of drug-likeness (QED) is 0.354. The van der Waals surface area contributed by atoms with Crippen molar-refractivity contribution in [3.05, 3.63) is 52.7 Å². The molecule has 47 heavy (non-hydrogen) atoms. The number of halogens is 1. The molecule has 1 saturated carbocycles. The monoisotopic (exact) mass is 654 g/mol. The number of anilines is 2. The van der Waals surface area contributed by atoms with Crippen molar-refractivity contribution in [2.24, 2.45) is 5.92 Å². The highest BCUT2D eigenvalue weighted by molar-refractivity contribution is 6.36. The van der Waals surface area contributed by atoms with Crippen LogP contribution in [-0.2, 0) is 17.8 Å². The zero-order valence-corrected chi connectivity index (χ0v) is 27.8. The van der Waals surface area contributed by atoms with Gasteiger partial charge in [-0.2, -0.15) is 15.2 Å². The molecule has 1 aromatic heterocycles. The van der Waals surface area contributed by atoms with E-state index in [-0.39, 0.29) is 18.0 Å². The molecule has 4 atom stereocenters. The van der Waals surface area contributed by atoms with Crippen LogP contribution < -0.4 is 19.9 Å². The van der Waals surface area contributed by atoms with Crippen LogP contribution in [0.5, 0.6) is 6.01 Å². The van der Waals surface area contributed by atoms with E-state index in [9.17, 15) is 10.1 Å². The third-order valence-electron chi connectivity index (χ3n) is 11.2. The van der Waals surface area contributed by atoms with Crippen molar-refractivity contribution in [1.82, 2.24) is 25.1 Å². The van der Waals surface area contributed by atoms with Gasteiger partial charge in [-0.1, -0.05) is 42.3 Å².